The summed E-state index contributed by atoms with van der Waals surface area (Å²) in [7, 11) is 1.60. The van der Waals surface area contributed by atoms with Crippen LogP contribution in [0.4, 0.5) is 5.69 Å². The number of hydrogen-bond donors (Lipinski definition) is 1. The summed E-state index contributed by atoms with van der Waals surface area (Å²) in [6.07, 6.45) is 0. The SMILES string of the molecule is COc1ccc(-c2c(C)c3ccc(OCC(=O)Nc4cc(C)cc(C)c4)c(C)c3oc2=O)cc1. The van der Waals surface area contributed by atoms with Crippen LogP contribution in [-0.2, 0) is 4.79 Å². The summed E-state index contributed by atoms with van der Waals surface area (Å²) in [5.41, 5.74) is 5.65. The highest BCUT2D eigenvalue weighted by atomic mass is 16.5. The molecule has 0 saturated heterocycles. The average molecular weight is 458 g/mol. The van der Waals surface area contributed by atoms with Gasteiger partial charge in [-0.25, -0.2) is 4.79 Å². The quantitative estimate of drug-likeness (QED) is 0.375. The molecule has 0 atom stereocenters. The van der Waals surface area contributed by atoms with E-state index in [1.165, 1.54) is 0 Å². The number of methoxy groups -OCH3 is 1. The van der Waals surface area contributed by atoms with Crippen LogP contribution in [-0.4, -0.2) is 19.6 Å². The first-order valence-electron chi connectivity index (χ1n) is 11.0. The van der Waals surface area contributed by atoms with Crippen molar-refractivity contribution in [1.29, 1.82) is 0 Å². The molecule has 1 N–H and O–H groups in total. The molecule has 0 spiro atoms. The molecule has 0 fully saturated rings. The summed E-state index contributed by atoms with van der Waals surface area (Å²) < 4.78 is 16.7. The highest BCUT2D eigenvalue weighted by Gasteiger charge is 2.17. The second kappa shape index (κ2) is 9.43. The number of anilines is 1. The number of benzene rings is 3. The van der Waals surface area contributed by atoms with Crippen LogP contribution in [0, 0.1) is 27.7 Å². The number of aryl methyl sites for hydroxylation is 4. The minimum Gasteiger partial charge on any atom is -0.497 e. The number of fused-ring (bicyclic) bond motifs is 1. The molecule has 0 saturated carbocycles. The molecule has 34 heavy (non-hydrogen) atoms. The first kappa shape index (κ1) is 23.1. The normalized spacial score (nSPS) is 10.9. The van der Waals surface area contributed by atoms with Crippen molar-refractivity contribution in [3.63, 3.8) is 0 Å². The van der Waals surface area contributed by atoms with Crippen LogP contribution in [0.5, 0.6) is 11.5 Å². The fourth-order valence-corrected chi connectivity index (χ4v) is 4.17. The standard InChI is InChI=1S/C28H27NO5/c1-16-12-17(2)14-21(13-16)29-25(30)15-33-24-11-10-23-18(3)26(28(31)34-27(23)19(24)4)20-6-8-22(32-5)9-7-20/h6-14H,15H2,1-5H3,(H,29,30). The van der Waals surface area contributed by atoms with Gasteiger partial charge in [0.15, 0.2) is 6.61 Å². The summed E-state index contributed by atoms with van der Waals surface area (Å²) in [5, 5.41) is 3.67. The van der Waals surface area contributed by atoms with Gasteiger partial charge >= 0.3 is 5.63 Å². The molecule has 4 aromatic rings. The van der Waals surface area contributed by atoms with E-state index in [2.05, 4.69) is 5.32 Å². The van der Waals surface area contributed by atoms with Gasteiger partial charge < -0.3 is 19.2 Å². The van der Waals surface area contributed by atoms with Gasteiger partial charge in [-0.2, -0.15) is 0 Å². The van der Waals surface area contributed by atoms with Crippen molar-refractivity contribution >= 4 is 22.6 Å². The summed E-state index contributed by atoms with van der Waals surface area (Å²) >= 11 is 0. The largest absolute Gasteiger partial charge is 0.497 e. The summed E-state index contributed by atoms with van der Waals surface area (Å²) in [5.74, 6) is 0.936. The Morgan fingerprint density at radius 1 is 0.912 bits per heavy atom. The van der Waals surface area contributed by atoms with Crippen LogP contribution in [0.2, 0.25) is 0 Å². The van der Waals surface area contributed by atoms with Crippen LogP contribution in [0.15, 0.2) is 63.8 Å². The summed E-state index contributed by atoms with van der Waals surface area (Å²) in [4.78, 5) is 25.3. The van der Waals surface area contributed by atoms with Crippen LogP contribution in [0.3, 0.4) is 0 Å². The smallest absolute Gasteiger partial charge is 0.344 e. The number of hydrogen-bond acceptors (Lipinski definition) is 5. The second-order valence-corrected chi connectivity index (χ2v) is 8.40. The topological polar surface area (TPSA) is 77.8 Å². The predicted octanol–water partition coefficient (Wildman–Crippen LogP) is 5.72. The molecule has 1 heterocycles. The lowest BCUT2D eigenvalue weighted by molar-refractivity contribution is -0.118. The van der Waals surface area contributed by atoms with Gasteiger partial charge in [0.1, 0.15) is 17.1 Å². The van der Waals surface area contributed by atoms with E-state index in [-0.39, 0.29) is 12.5 Å². The molecule has 3 aromatic carbocycles. The lowest BCUT2D eigenvalue weighted by Crippen LogP contribution is -2.20. The number of carbonyl (C=O) groups is 1. The third-order valence-electron chi connectivity index (χ3n) is 5.78. The zero-order valence-electron chi connectivity index (χ0n) is 19.9. The minimum absolute atomic E-state index is 0.160. The maximum absolute atomic E-state index is 12.9. The van der Waals surface area contributed by atoms with Crippen molar-refractivity contribution < 1.29 is 18.7 Å². The molecule has 0 aliphatic rings. The number of amides is 1. The van der Waals surface area contributed by atoms with Crippen LogP contribution >= 0.6 is 0 Å². The Hall–Kier alpha value is -4.06. The van der Waals surface area contributed by atoms with E-state index in [9.17, 15) is 9.59 Å². The Balaban J connectivity index is 1.58. The first-order valence-corrected chi connectivity index (χ1v) is 11.0. The van der Waals surface area contributed by atoms with Gasteiger partial charge in [-0.1, -0.05) is 18.2 Å². The summed E-state index contributed by atoms with van der Waals surface area (Å²) in [6.45, 7) is 7.51. The third-order valence-corrected chi connectivity index (χ3v) is 5.78. The number of carbonyl (C=O) groups excluding carboxylic acids is 1. The van der Waals surface area contributed by atoms with Crippen molar-refractivity contribution in [3.05, 3.63) is 87.3 Å². The molecule has 6 nitrogen and oxygen atoms in total. The fraction of sp³-hybridized carbons (Fsp3) is 0.214. The molecule has 4 rings (SSSR count). The maximum atomic E-state index is 12.9. The van der Waals surface area contributed by atoms with Gasteiger partial charge in [0.2, 0.25) is 0 Å². The van der Waals surface area contributed by atoms with Crippen molar-refractivity contribution in [1.82, 2.24) is 0 Å². The maximum Gasteiger partial charge on any atom is 0.344 e. The van der Waals surface area contributed by atoms with Crippen molar-refractivity contribution in [2.75, 3.05) is 19.0 Å². The monoisotopic (exact) mass is 457 g/mol. The Morgan fingerprint density at radius 2 is 1.59 bits per heavy atom. The molecule has 0 unspecified atom stereocenters. The van der Waals surface area contributed by atoms with E-state index in [1.807, 2.05) is 76.2 Å². The Bertz CT molecular complexity index is 1410. The van der Waals surface area contributed by atoms with Crippen molar-refractivity contribution in [3.8, 4) is 22.6 Å². The van der Waals surface area contributed by atoms with E-state index in [0.29, 0.717) is 28.2 Å². The molecule has 1 aromatic heterocycles. The van der Waals surface area contributed by atoms with Gasteiger partial charge in [-0.05, 0) is 86.3 Å². The van der Waals surface area contributed by atoms with Gasteiger partial charge in [-0.15, -0.1) is 0 Å². The van der Waals surface area contributed by atoms with Crippen LogP contribution < -0.4 is 20.4 Å². The van der Waals surface area contributed by atoms with E-state index in [1.54, 1.807) is 13.2 Å². The van der Waals surface area contributed by atoms with E-state index in [4.69, 9.17) is 13.9 Å². The zero-order valence-corrected chi connectivity index (χ0v) is 19.9. The summed E-state index contributed by atoms with van der Waals surface area (Å²) in [6, 6.07) is 16.8. The molecule has 6 heteroatoms. The molecule has 0 radical (unpaired) electrons. The number of ether oxygens (including phenoxy) is 2. The second-order valence-electron chi connectivity index (χ2n) is 8.40. The van der Waals surface area contributed by atoms with Crippen molar-refractivity contribution in [2.24, 2.45) is 0 Å². The minimum atomic E-state index is -0.428. The molecule has 0 bridgehead atoms. The van der Waals surface area contributed by atoms with Gasteiger partial charge in [0, 0.05) is 16.6 Å². The number of nitrogens with one attached hydrogen (secondary N) is 1. The average Bonchev–Trinajstić information content (AvgIpc) is 2.79. The fourth-order valence-electron chi connectivity index (χ4n) is 4.17. The predicted molar refractivity (Wildman–Crippen MR) is 134 cm³/mol. The third kappa shape index (κ3) is 4.66. The van der Waals surface area contributed by atoms with E-state index >= 15 is 0 Å². The molecule has 0 aliphatic heterocycles. The molecular weight excluding hydrogens is 430 g/mol. The lowest BCUT2D eigenvalue weighted by Gasteiger charge is -2.14. The molecule has 174 valence electrons. The molecule has 1 amide bonds. The van der Waals surface area contributed by atoms with Gasteiger partial charge in [-0.3, -0.25) is 4.79 Å². The van der Waals surface area contributed by atoms with Crippen molar-refractivity contribution in [2.45, 2.75) is 27.7 Å². The van der Waals surface area contributed by atoms with E-state index in [0.717, 1.165) is 33.3 Å². The highest BCUT2D eigenvalue weighted by Crippen LogP contribution is 2.33. The van der Waals surface area contributed by atoms with Gasteiger partial charge in [0.05, 0.1) is 12.7 Å². The van der Waals surface area contributed by atoms with Crippen LogP contribution in [0.1, 0.15) is 22.3 Å². The first-order chi connectivity index (χ1) is 16.3. The Labute approximate surface area is 198 Å². The van der Waals surface area contributed by atoms with Crippen LogP contribution in [0.25, 0.3) is 22.1 Å². The molecule has 0 aliphatic carbocycles. The van der Waals surface area contributed by atoms with E-state index < -0.39 is 5.63 Å². The Kier molecular flexibility index (Phi) is 6.41. The highest BCUT2D eigenvalue weighted by molar-refractivity contribution is 5.93. The van der Waals surface area contributed by atoms with Gasteiger partial charge in [0.25, 0.3) is 5.91 Å². The molecular formula is C28H27NO5. The lowest BCUT2D eigenvalue weighted by atomic mass is 9.98. The Morgan fingerprint density at radius 3 is 2.24 bits per heavy atom. The number of rotatable bonds is 6. The zero-order chi connectivity index (χ0) is 24.4.